The number of hydrogen-bond donors (Lipinski definition) is 0. The maximum atomic E-state index is 14.1. The number of benzene rings is 1. The molecule has 4 nitrogen and oxygen atoms in total. The highest BCUT2D eigenvalue weighted by Gasteiger charge is 2.26. The van der Waals surface area contributed by atoms with Gasteiger partial charge >= 0.3 is 0 Å². The summed E-state index contributed by atoms with van der Waals surface area (Å²) >= 11 is 0. The third-order valence-corrected chi connectivity index (χ3v) is 4.90. The maximum absolute atomic E-state index is 14.1. The van der Waals surface area contributed by atoms with E-state index in [1.165, 1.54) is 25.3 Å². The quantitative estimate of drug-likeness (QED) is 0.852. The number of likely N-dealkylation sites (tertiary alicyclic amines) is 1. The summed E-state index contributed by atoms with van der Waals surface area (Å²) in [5.41, 5.74) is 0.991. The number of nitrogens with zero attached hydrogens (tertiary/aromatic N) is 2. The normalized spacial score (nSPS) is 23.1. The Bertz CT molecular complexity index is 572. The fourth-order valence-corrected chi connectivity index (χ4v) is 3.58. The van der Waals surface area contributed by atoms with E-state index in [0.29, 0.717) is 19.7 Å². The summed E-state index contributed by atoms with van der Waals surface area (Å²) in [6, 6.07) is 4.81. The van der Waals surface area contributed by atoms with E-state index < -0.39 is 5.82 Å². The maximum Gasteiger partial charge on any atom is 0.256 e. The van der Waals surface area contributed by atoms with Crippen LogP contribution in [0.1, 0.15) is 41.6 Å². The Morgan fingerprint density at radius 2 is 2.00 bits per heavy atom. The van der Waals surface area contributed by atoms with Crippen molar-refractivity contribution in [1.29, 1.82) is 0 Å². The predicted molar refractivity (Wildman–Crippen MR) is 91.7 cm³/mol. The molecule has 2 aliphatic rings. The molecule has 1 atom stereocenters. The fourth-order valence-electron chi connectivity index (χ4n) is 3.58. The summed E-state index contributed by atoms with van der Waals surface area (Å²) in [5.74, 6) is -0.653. The van der Waals surface area contributed by atoms with Gasteiger partial charge in [-0.05, 0) is 57.0 Å². The topological polar surface area (TPSA) is 32.8 Å². The number of ether oxygens (including phenoxy) is 1. The SMILES string of the molecule is Cc1ccc(C(=O)N2CCCOC(CN3CCCCC3)C2)c(F)c1. The minimum Gasteiger partial charge on any atom is -0.375 e. The predicted octanol–water partition coefficient (Wildman–Crippen LogP) is 2.85. The van der Waals surface area contributed by atoms with E-state index in [4.69, 9.17) is 4.74 Å². The van der Waals surface area contributed by atoms with E-state index >= 15 is 0 Å². The number of carbonyl (C=O) groups is 1. The molecule has 1 aromatic rings. The lowest BCUT2D eigenvalue weighted by Crippen LogP contribution is -2.44. The zero-order chi connectivity index (χ0) is 16.9. The molecule has 0 saturated carbocycles. The highest BCUT2D eigenvalue weighted by atomic mass is 19.1. The van der Waals surface area contributed by atoms with Crippen LogP contribution in [-0.4, -0.2) is 61.1 Å². The summed E-state index contributed by atoms with van der Waals surface area (Å²) < 4.78 is 20.1. The van der Waals surface area contributed by atoms with Crippen LogP contribution in [0, 0.1) is 12.7 Å². The van der Waals surface area contributed by atoms with Crippen LogP contribution in [0.2, 0.25) is 0 Å². The van der Waals surface area contributed by atoms with Crippen molar-refractivity contribution in [2.75, 3.05) is 39.3 Å². The largest absolute Gasteiger partial charge is 0.375 e. The molecule has 1 aromatic carbocycles. The third kappa shape index (κ3) is 4.33. The van der Waals surface area contributed by atoms with Crippen molar-refractivity contribution in [3.63, 3.8) is 0 Å². The van der Waals surface area contributed by atoms with E-state index in [9.17, 15) is 9.18 Å². The van der Waals surface area contributed by atoms with Gasteiger partial charge in [0.05, 0.1) is 11.7 Å². The molecule has 24 heavy (non-hydrogen) atoms. The van der Waals surface area contributed by atoms with Crippen LogP contribution in [0.5, 0.6) is 0 Å². The molecule has 1 unspecified atom stereocenters. The van der Waals surface area contributed by atoms with Gasteiger partial charge in [-0.2, -0.15) is 0 Å². The number of amides is 1. The summed E-state index contributed by atoms with van der Waals surface area (Å²) in [4.78, 5) is 16.9. The first-order chi connectivity index (χ1) is 11.6. The van der Waals surface area contributed by atoms with Crippen molar-refractivity contribution in [3.8, 4) is 0 Å². The lowest BCUT2D eigenvalue weighted by molar-refractivity contribution is 0.0216. The number of piperidine rings is 1. The van der Waals surface area contributed by atoms with Crippen LogP contribution in [0.15, 0.2) is 18.2 Å². The minimum absolute atomic E-state index is 0.0167. The number of aryl methyl sites for hydroxylation is 1. The van der Waals surface area contributed by atoms with Crippen LogP contribution in [0.4, 0.5) is 4.39 Å². The van der Waals surface area contributed by atoms with Crippen LogP contribution in [-0.2, 0) is 4.74 Å². The molecule has 0 aliphatic carbocycles. The minimum atomic E-state index is -0.433. The first kappa shape index (κ1) is 17.4. The number of carbonyl (C=O) groups excluding carboxylic acids is 1. The van der Waals surface area contributed by atoms with Gasteiger partial charge in [-0.3, -0.25) is 4.79 Å². The molecule has 132 valence electrons. The molecule has 0 radical (unpaired) electrons. The highest BCUT2D eigenvalue weighted by Crippen LogP contribution is 2.17. The van der Waals surface area contributed by atoms with Crippen molar-refractivity contribution in [2.24, 2.45) is 0 Å². The van der Waals surface area contributed by atoms with Crippen LogP contribution in [0.25, 0.3) is 0 Å². The molecule has 0 aromatic heterocycles. The Morgan fingerprint density at radius 3 is 2.75 bits per heavy atom. The smallest absolute Gasteiger partial charge is 0.256 e. The first-order valence-electron chi connectivity index (χ1n) is 9.03. The molecule has 2 fully saturated rings. The van der Waals surface area contributed by atoms with Gasteiger partial charge in [-0.1, -0.05) is 12.5 Å². The van der Waals surface area contributed by atoms with Crippen molar-refractivity contribution < 1.29 is 13.9 Å². The molecule has 0 spiro atoms. The second kappa shape index (κ2) is 8.08. The van der Waals surface area contributed by atoms with Crippen molar-refractivity contribution in [1.82, 2.24) is 9.80 Å². The van der Waals surface area contributed by atoms with Gasteiger partial charge in [0.1, 0.15) is 5.82 Å². The van der Waals surface area contributed by atoms with Crippen LogP contribution in [0.3, 0.4) is 0 Å². The lowest BCUT2D eigenvalue weighted by atomic mass is 10.1. The highest BCUT2D eigenvalue weighted by molar-refractivity contribution is 5.94. The Balaban J connectivity index is 1.66. The van der Waals surface area contributed by atoms with Gasteiger partial charge < -0.3 is 14.5 Å². The molecule has 0 N–H and O–H groups in total. The van der Waals surface area contributed by atoms with E-state index in [-0.39, 0.29) is 17.6 Å². The molecular weight excluding hydrogens is 307 g/mol. The van der Waals surface area contributed by atoms with Crippen molar-refractivity contribution in [3.05, 3.63) is 35.1 Å². The van der Waals surface area contributed by atoms with Gasteiger partial charge in [-0.25, -0.2) is 4.39 Å². The second-order valence-electron chi connectivity index (χ2n) is 6.94. The van der Waals surface area contributed by atoms with E-state index in [2.05, 4.69) is 4.90 Å². The third-order valence-electron chi connectivity index (χ3n) is 4.90. The summed E-state index contributed by atoms with van der Waals surface area (Å²) in [5, 5.41) is 0. The monoisotopic (exact) mass is 334 g/mol. The average Bonchev–Trinajstić information content (AvgIpc) is 2.81. The zero-order valence-electron chi connectivity index (χ0n) is 14.5. The second-order valence-corrected chi connectivity index (χ2v) is 6.94. The molecule has 1 amide bonds. The number of rotatable bonds is 3. The van der Waals surface area contributed by atoms with Crippen LogP contribution >= 0.6 is 0 Å². The molecule has 2 saturated heterocycles. The Kier molecular flexibility index (Phi) is 5.85. The van der Waals surface area contributed by atoms with Crippen molar-refractivity contribution in [2.45, 2.75) is 38.7 Å². The van der Waals surface area contributed by atoms with Gasteiger partial charge in [-0.15, -0.1) is 0 Å². The standard InChI is InChI=1S/C19H27FN2O2/c1-15-6-7-17(18(20)12-15)19(23)22-10-5-11-24-16(14-22)13-21-8-3-2-4-9-21/h6-7,12,16H,2-5,8-11,13-14H2,1H3. The first-order valence-corrected chi connectivity index (χ1v) is 9.03. The Morgan fingerprint density at radius 1 is 1.21 bits per heavy atom. The molecular formula is C19H27FN2O2. The lowest BCUT2D eigenvalue weighted by Gasteiger charge is -2.31. The van der Waals surface area contributed by atoms with Crippen LogP contribution < -0.4 is 0 Å². The average molecular weight is 334 g/mol. The van der Waals surface area contributed by atoms with Gasteiger partial charge in [0, 0.05) is 26.2 Å². The van der Waals surface area contributed by atoms with E-state index in [1.54, 1.807) is 17.0 Å². The van der Waals surface area contributed by atoms with E-state index in [1.807, 2.05) is 6.92 Å². The summed E-state index contributed by atoms with van der Waals surface area (Å²) in [6.45, 7) is 6.75. The Hall–Kier alpha value is -1.46. The Labute approximate surface area is 143 Å². The molecule has 2 heterocycles. The zero-order valence-corrected chi connectivity index (χ0v) is 14.5. The van der Waals surface area contributed by atoms with Crippen molar-refractivity contribution >= 4 is 5.91 Å². The molecule has 5 heteroatoms. The number of hydrogen-bond acceptors (Lipinski definition) is 3. The van der Waals surface area contributed by atoms with Gasteiger partial charge in [0.25, 0.3) is 5.91 Å². The van der Waals surface area contributed by atoms with Gasteiger partial charge in [0.2, 0.25) is 0 Å². The fraction of sp³-hybridized carbons (Fsp3) is 0.632. The molecule has 3 rings (SSSR count). The summed E-state index contributed by atoms with van der Waals surface area (Å²) in [6.07, 6.45) is 4.60. The molecule has 0 bridgehead atoms. The number of halogens is 1. The summed E-state index contributed by atoms with van der Waals surface area (Å²) in [7, 11) is 0. The van der Waals surface area contributed by atoms with E-state index in [0.717, 1.165) is 31.6 Å². The van der Waals surface area contributed by atoms with Gasteiger partial charge in [0.15, 0.2) is 0 Å². The molecule has 2 aliphatic heterocycles.